The highest BCUT2D eigenvalue weighted by Crippen LogP contribution is 2.33. The molecule has 4 aromatic rings. The molecule has 2 amide bonds. The first-order valence-electron chi connectivity index (χ1n) is 10.5. The predicted octanol–water partition coefficient (Wildman–Crippen LogP) is 4.87. The highest BCUT2D eigenvalue weighted by atomic mass is 32.2. The van der Waals surface area contributed by atoms with Gasteiger partial charge < -0.3 is 8.98 Å². The Labute approximate surface area is 202 Å². The minimum atomic E-state index is -4.49. The smallest absolute Gasteiger partial charge is 0.416 e. The summed E-state index contributed by atoms with van der Waals surface area (Å²) in [6.45, 7) is 3.71. The number of thioether (sulfide) groups is 1. The molecule has 0 atom stereocenters. The zero-order valence-electron chi connectivity index (χ0n) is 18.8. The summed E-state index contributed by atoms with van der Waals surface area (Å²) in [6.07, 6.45) is -4.49. The van der Waals surface area contributed by atoms with Gasteiger partial charge in [0.25, 0.3) is 5.91 Å². The van der Waals surface area contributed by atoms with Crippen LogP contribution in [0.2, 0.25) is 0 Å². The standard InChI is InChI=1S/C24H21F3N4O3S/c1-14-10-18(15(2)34-14)22(33)30-29-21(32)13-35-23-28-19-11-17(24(25,26)27)8-9-20(19)31(23)12-16-6-4-3-5-7-16/h3-11H,12-13H2,1-2H3,(H,29,32)(H,30,33). The van der Waals surface area contributed by atoms with Crippen molar-refractivity contribution in [1.82, 2.24) is 20.4 Å². The number of fused-ring (bicyclic) bond motifs is 1. The van der Waals surface area contributed by atoms with Crippen molar-refractivity contribution in [3.05, 3.63) is 82.8 Å². The molecule has 0 fully saturated rings. The van der Waals surface area contributed by atoms with Crippen molar-refractivity contribution in [3.8, 4) is 0 Å². The second-order valence-corrected chi connectivity index (χ2v) is 8.73. The number of alkyl halides is 3. The van der Waals surface area contributed by atoms with Crippen molar-refractivity contribution in [3.63, 3.8) is 0 Å². The summed E-state index contributed by atoms with van der Waals surface area (Å²) in [6, 6.07) is 14.3. The van der Waals surface area contributed by atoms with Crippen molar-refractivity contribution in [1.29, 1.82) is 0 Å². The number of halogens is 3. The molecule has 0 unspecified atom stereocenters. The molecular formula is C24H21F3N4O3S. The maximum Gasteiger partial charge on any atom is 0.416 e. The van der Waals surface area contributed by atoms with E-state index in [9.17, 15) is 22.8 Å². The lowest BCUT2D eigenvalue weighted by atomic mass is 10.2. The summed E-state index contributed by atoms with van der Waals surface area (Å²) in [7, 11) is 0. The molecule has 2 aromatic heterocycles. The molecule has 35 heavy (non-hydrogen) atoms. The van der Waals surface area contributed by atoms with Crippen LogP contribution in [0.25, 0.3) is 11.0 Å². The number of aromatic nitrogens is 2. The molecule has 0 aliphatic rings. The Morgan fingerprint density at radius 3 is 2.46 bits per heavy atom. The van der Waals surface area contributed by atoms with Crippen LogP contribution in [0.1, 0.15) is 33.0 Å². The number of carbonyl (C=O) groups excluding carboxylic acids is 2. The van der Waals surface area contributed by atoms with Gasteiger partial charge in [0.15, 0.2) is 5.16 Å². The van der Waals surface area contributed by atoms with Crippen LogP contribution in [0, 0.1) is 13.8 Å². The Morgan fingerprint density at radius 1 is 1.06 bits per heavy atom. The van der Waals surface area contributed by atoms with Crippen LogP contribution in [-0.2, 0) is 17.5 Å². The van der Waals surface area contributed by atoms with Gasteiger partial charge in [0, 0.05) is 0 Å². The first-order valence-corrected chi connectivity index (χ1v) is 11.5. The van der Waals surface area contributed by atoms with E-state index in [-0.39, 0.29) is 11.3 Å². The predicted molar refractivity (Wildman–Crippen MR) is 125 cm³/mol. The molecule has 0 saturated heterocycles. The normalized spacial score (nSPS) is 11.6. The van der Waals surface area contributed by atoms with Gasteiger partial charge in [-0.25, -0.2) is 4.98 Å². The van der Waals surface area contributed by atoms with Crippen molar-refractivity contribution >= 4 is 34.6 Å². The van der Waals surface area contributed by atoms with Crippen LogP contribution in [0.15, 0.2) is 64.2 Å². The van der Waals surface area contributed by atoms with E-state index in [0.29, 0.717) is 34.3 Å². The average Bonchev–Trinajstić information content (AvgIpc) is 3.34. The van der Waals surface area contributed by atoms with Gasteiger partial charge in [-0.15, -0.1) is 0 Å². The summed E-state index contributed by atoms with van der Waals surface area (Å²) in [5, 5.41) is 0.381. The van der Waals surface area contributed by atoms with E-state index in [2.05, 4.69) is 15.8 Å². The van der Waals surface area contributed by atoms with Crippen LogP contribution in [0.3, 0.4) is 0 Å². The van der Waals surface area contributed by atoms with Crippen LogP contribution in [0.5, 0.6) is 0 Å². The van der Waals surface area contributed by atoms with Crippen molar-refractivity contribution in [2.75, 3.05) is 5.75 Å². The summed E-state index contributed by atoms with van der Waals surface area (Å²) in [5.41, 5.74) is 5.80. The van der Waals surface area contributed by atoms with Gasteiger partial charge in [0.1, 0.15) is 11.5 Å². The first-order chi connectivity index (χ1) is 16.6. The quantitative estimate of drug-likeness (QED) is 0.290. The molecule has 0 saturated carbocycles. The molecule has 2 aromatic carbocycles. The Bertz CT molecular complexity index is 1380. The number of aryl methyl sites for hydroxylation is 2. The zero-order chi connectivity index (χ0) is 25.2. The lowest BCUT2D eigenvalue weighted by Gasteiger charge is -2.10. The number of carbonyl (C=O) groups is 2. The summed E-state index contributed by atoms with van der Waals surface area (Å²) in [5.74, 6) is -0.144. The Kier molecular flexibility index (Phi) is 6.88. The maximum absolute atomic E-state index is 13.2. The molecule has 4 rings (SSSR count). The van der Waals surface area contributed by atoms with Crippen molar-refractivity contribution < 1.29 is 27.2 Å². The lowest BCUT2D eigenvalue weighted by molar-refractivity contribution is -0.137. The van der Waals surface area contributed by atoms with Gasteiger partial charge >= 0.3 is 6.18 Å². The molecule has 2 heterocycles. The van der Waals surface area contributed by atoms with E-state index >= 15 is 0 Å². The molecule has 182 valence electrons. The van der Waals surface area contributed by atoms with Crippen LogP contribution in [0.4, 0.5) is 13.2 Å². The second kappa shape index (κ2) is 9.87. The maximum atomic E-state index is 13.2. The highest BCUT2D eigenvalue weighted by Gasteiger charge is 2.31. The number of furan rings is 1. The fraction of sp³-hybridized carbons (Fsp3) is 0.208. The number of rotatable bonds is 6. The largest absolute Gasteiger partial charge is 0.466 e. The molecule has 0 bridgehead atoms. The van der Waals surface area contributed by atoms with Gasteiger partial charge in [0.05, 0.1) is 34.5 Å². The SMILES string of the molecule is Cc1cc(C(=O)NNC(=O)CSc2nc3cc(C(F)(F)F)ccc3n2Cc2ccccc2)c(C)o1. The molecule has 0 radical (unpaired) electrons. The molecule has 11 heteroatoms. The number of amides is 2. The van der Waals surface area contributed by atoms with E-state index in [4.69, 9.17) is 4.42 Å². The number of hydrogen-bond acceptors (Lipinski definition) is 5. The van der Waals surface area contributed by atoms with Gasteiger partial charge in [-0.2, -0.15) is 13.2 Å². The van der Waals surface area contributed by atoms with Gasteiger partial charge in [-0.3, -0.25) is 20.4 Å². The summed E-state index contributed by atoms with van der Waals surface area (Å²) >= 11 is 1.06. The highest BCUT2D eigenvalue weighted by molar-refractivity contribution is 7.99. The third-order valence-electron chi connectivity index (χ3n) is 5.16. The van der Waals surface area contributed by atoms with E-state index in [1.807, 2.05) is 30.3 Å². The average molecular weight is 503 g/mol. The third kappa shape index (κ3) is 5.68. The number of hydrazine groups is 1. The van der Waals surface area contributed by atoms with E-state index in [0.717, 1.165) is 29.5 Å². The van der Waals surface area contributed by atoms with Crippen LogP contribution < -0.4 is 10.9 Å². The molecule has 0 spiro atoms. The summed E-state index contributed by atoms with van der Waals surface area (Å²) < 4.78 is 46.6. The Morgan fingerprint density at radius 2 is 1.80 bits per heavy atom. The molecular weight excluding hydrogens is 481 g/mol. The van der Waals surface area contributed by atoms with Crippen LogP contribution in [-0.4, -0.2) is 27.1 Å². The molecule has 7 nitrogen and oxygen atoms in total. The topological polar surface area (TPSA) is 89.2 Å². The lowest BCUT2D eigenvalue weighted by Crippen LogP contribution is -2.42. The molecule has 0 aliphatic carbocycles. The van der Waals surface area contributed by atoms with E-state index < -0.39 is 23.6 Å². The Hall–Kier alpha value is -3.73. The molecule has 2 N–H and O–H groups in total. The minimum absolute atomic E-state index is 0.117. The number of nitrogens with one attached hydrogen (secondary N) is 2. The zero-order valence-corrected chi connectivity index (χ0v) is 19.6. The minimum Gasteiger partial charge on any atom is -0.466 e. The van der Waals surface area contributed by atoms with E-state index in [1.54, 1.807) is 24.5 Å². The van der Waals surface area contributed by atoms with Crippen molar-refractivity contribution in [2.45, 2.75) is 31.7 Å². The fourth-order valence-electron chi connectivity index (χ4n) is 3.53. The van der Waals surface area contributed by atoms with E-state index in [1.165, 1.54) is 6.07 Å². The third-order valence-corrected chi connectivity index (χ3v) is 6.13. The van der Waals surface area contributed by atoms with Gasteiger partial charge in [-0.05, 0) is 43.7 Å². The monoisotopic (exact) mass is 502 g/mol. The number of nitrogens with zero attached hydrogens (tertiary/aromatic N) is 2. The molecule has 0 aliphatic heterocycles. The van der Waals surface area contributed by atoms with Crippen LogP contribution >= 0.6 is 11.8 Å². The Balaban J connectivity index is 1.50. The number of imidazole rings is 1. The number of benzene rings is 2. The fourth-order valence-corrected chi connectivity index (χ4v) is 4.34. The first kappa shape index (κ1) is 24.4. The van der Waals surface area contributed by atoms with Crippen molar-refractivity contribution in [2.24, 2.45) is 0 Å². The van der Waals surface area contributed by atoms with Gasteiger partial charge in [-0.1, -0.05) is 42.1 Å². The second-order valence-electron chi connectivity index (χ2n) is 7.79. The summed E-state index contributed by atoms with van der Waals surface area (Å²) in [4.78, 5) is 29.0. The number of hydrogen-bond donors (Lipinski definition) is 2. The van der Waals surface area contributed by atoms with Gasteiger partial charge in [0.2, 0.25) is 5.91 Å².